The molecule has 1 aromatic rings. The maximum absolute atomic E-state index is 12.2. The molecule has 2 N–H and O–H groups in total. The van der Waals surface area contributed by atoms with Gasteiger partial charge in [-0.05, 0) is 24.1 Å². The Bertz CT molecular complexity index is 670. The van der Waals surface area contributed by atoms with E-state index in [0.29, 0.717) is 25.5 Å². The molecule has 0 aromatic heterocycles. The molecule has 2 rings (SSSR count). The molecule has 1 heterocycles. The summed E-state index contributed by atoms with van der Waals surface area (Å²) in [5, 5.41) is 6.40. The van der Waals surface area contributed by atoms with Crippen LogP contribution in [0.2, 0.25) is 0 Å². The van der Waals surface area contributed by atoms with E-state index in [9.17, 15) is 18.0 Å². The number of hydrogen-bond donors (Lipinski definition) is 2. The minimum Gasteiger partial charge on any atom is -0.484 e. The quantitative estimate of drug-likeness (QED) is 0.348. The second-order valence-corrected chi connectivity index (χ2v) is 6.30. The molecule has 1 saturated heterocycles. The van der Waals surface area contributed by atoms with E-state index in [1.165, 1.54) is 6.07 Å². The number of carbonyl (C=O) groups excluding carboxylic acids is 1. The van der Waals surface area contributed by atoms with Crippen molar-refractivity contribution in [3.63, 3.8) is 0 Å². The van der Waals surface area contributed by atoms with Crippen LogP contribution in [0.25, 0.3) is 0 Å². The lowest BCUT2D eigenvalue weighted by molar-refractivity contribution is -0.153. The van der Waals surface area contributed by atoms with Gasteiger partial charge >= 0.3 is 6.18 Å². The van der Waals surface area contributed by atoms with E-state index in [-0.39, 0.29) is 41.7 Å². The van der Waals surface area contributed by atoms with Gasteiger partial charge in [-0.3, -0.25) is 9.79 Å². The second-order valence-electron chi connectivity index (χ2n) is 6.30. The molecular weight excluding hydrogens is 488 g/mol. The van der Waals surface area contributed by atoms with E-state index in [1.807, 2.05) is 11.8 Å². The third-order valence-electron chi connectivity index (χ3n) is 4.17. The molecule has 1 atom stereocenters. The zero-order valence-electron chi connectivity index (χ0n) is 15.9. The predicted octanol–water partition coefficient (Wildman–Crippen LogP) is 2.92. The van der Waals surface area contributed by atoms with Gasteiger partial charge in [0.1, 0.15) is 5.75 Å². The van der Waals surface area contributed by atoms with Crippen molar-refractivity contribution in [1.82, 2.24) is 15.5 Å². The Morgan fingerprint density at radius 2 is 2.14 bits per heavy atom. The number of ether oxygens (including phenoxy) is 1. The van der Waals surface area contributed by atoms with Crippen molar-refractivity contribution in [2.75, 3.05) is 26.7 Å². The molecule has 1 aromatic carbocycles. The highest BCUT2D eigenvalue weighted by Crippen LogP contribution is 2.19. The summed E-state index contributed by atoms with van der Waals surface area (Å²) in [7, 11) is 1.64. The van der Waals surface area contributed by atoms with E-state index in [4.69, 9.17) is 4.74 Å². The number of amides is 1. The molecule has 1 aliphatic heterocycles. The van der Waals surface area contributed by atoms with Gasteiger partial charge in [0.05, 0.1) is 0 Å². The first-order chi connectivity index (χ1) is 12.8. The van der Waals surface area contributed by atoms with Gasteiger partial charge in [0.15, 0.2) is 12.6 Å². The first-order valence-electron chi connectivity index (χ1n) is 8.84. The van der Waals surface area contributed by atoms with Crippen LogP contribution in [-0.4, -0.2) is 55.7 Å². The Kier molecular flexibility index (Phi) is 9.83. The van der Waals surface area contributed by atoms with E-state index in [2.05, 4.69) is 15.6 Å². The van der Waals surface area contributed by atoms with Gasteiger partial charge < -0.3 is 20.3 Å². The minimum atomic E-state index is -4.37. The number of alkyl halides is 3. The van der Waals surface area contributed by atoms with Crippen LogP contribution in [0.5, 0.6) is 5.75 Å². The van der Waals surface area contributed by atoms with E-state index in [0.717, 1.165) is 18.5 Å². The highest BCUT2D eigenvalue weighted by atomic mass is 127. The van der Waals surface area contributed by atoms with Crippen LogP contribution in [0, 0.1) is 0 Å². The van der Waals surface area contributed by atoms with E-state index in [1.54, 1.807) is 25.2 Å². The minimum absolute atomic E-state index is 0. The van der Waals surface area contributed by atoms with Crippen LogP contribution in [0.1, 0.15) is 25.3 Å². The van der Waals surface area contributed by atoms with Crippen LogP contribution < -0.4 is 15.4 Å². The average Bonchev–Trinajstić information content (AvgIpc) is 3.11. The fourth-order valence-electron chi connectivity index (χ4n) is 2.81. The number of nitrogens with zero attached hydrogens (tertiary/aromatic N) is 2. The molecule has 6 nitrogen and oxygen atoms in total. The Balaban J connectivity index is 0.00000392. The Morgan fingerprint density at radius 3 is 2.79 bits per heavy atom. The van der Waals surface area contributed by atoms with Crippen molar-refractivity contribution in [3.05, 3.63) is 29.8 Å². The lowest BCUT2D eigenvalue weighted by Crippen LogP contribution is -2.44. The Hall–Kier alpha value is -1.72. The molecule has 0 aliphatic carbocycles. The molecule has 158 valence electrons. The summed E-state index contributed by atoms with van der Waals surface area (Å²) in [5.74, 6) is 0.879. The van der Waals surface area contributed by atoms with Gasteiger partial charge in [-0.15, -0.1) is 24.0 Å². The smallest absolute Gasteiger partial charge is 0.422 e. The standard InChI is InChI=1S/C18H25F3N4O2.HI/c1-3-16(26)25-8-7-14(11-25)24-17(22-2)23-10-13-5-4-6-15(9-13)27-12-18(19,20)21;/h4-6,9,14H,3,7-8,10-12H2,1-2H3,(H2,22,23,24);1H. The number of aliphatic imine (C=N–C) groups is 1. The van der Waals surface area contributed by atoms with Crippen LogP contribution in [0.15, 0.2) is 29.3 Å². The molecule has 0 saturated carbocycles. The van der Waals surface area contributed by atoms with Gasteiger partial charge in [-0.25, -0.2) is 0 Å². The lowest BCUT2D eigenvalue weighted by Gasteiger charge is -2.19. The molecule has 1 amide bonds. The van der Waals surface area contributed by atoms with Crippen LogP contribution in [-0.2, 0) is 11.3 Å². The van der Waals surface area contributed by atoms with E-state index < -0.39 is 12.8 Å². The third kappa shape index (κ3) is 8.11. The summed E-state index contributed by atoms with van der Waals surface area (Å²) < 4.78 is 41.5. The third-order valence-corrected chi connectivity index (χ3v) is 4.17. The maximum Gasteiger partial charge on any atom is 0.422 e. The van der Waals surface area contributed by atoms with Crippen molar-refractivity contribution >= 4 is 35.8 Å². The van der Waals surface area contributed by atoms with Gasteiger partial charge in [0.2, 0.25) is 5.91 Å². The second kappa shape index (κ2) is 11.3. The molecular formula is C18H26F3IN4O2. The zero-order chi connectivity index (χ0) is 19.9. The molecule has 28 heavy (non-hydrogen) atoms. The van der Waals surface area contributed by atoms with Crippen molar-refractivity contribution in [2.45, 2.75) is 38.5 Å². The summed E-state index contributed by atoms with van der Waals surface area (Å²) in [6.45, 7) is 2.26. The number of rotatable bonds is 6. The molecule has 0 bridgehead atoms. The predicted molar refractivity (Wildman–Crippen MR) is 112 cm³/mol. The molecule has 0 radical (unpaired) electrons. The fraction of sp³-hybridized carbons (Fsp3) is 0.556. The van der Waals surface area contributed by atoms with Crippen LogP contribution in [0.3, 0.4) is 0 Å². The summed E-state index contributed by atoms with van der Waals surface area (Å²) in [5.41, 5.74) is 0.770. The first kappa shape index (κ1) is 24.3. The van der Waals surface area contributed by atoms with Crippen LogP contribution >= 0.6 is 24.0 Å². The molecule has 1 fully saturated rings. The van der Waals surface area contributed by atoms with Crippen molar-refractivity contribution in [1.29, 1.82) is 0 Å². The van der Waals surface area contributed by atoms with Gasteiger partial charge in [-0.2, -0.15) is 13.2 Å². The van der Waals surface area contributed by atoms with Crippen LogP contribution in [0.4, 0.5) is 13.2 Å². The number of hydrogen-bond acceptors (Lipinski definition) is 3. The fourth-order valence-corrected chi connectivity index (χ4v) is 2.81. The topological polar surface area (TPSA) is 66.0 Å². The number of carbonyl (C=O) groups is 1. The normalized spacial score (nSPS) is 17.1. The lowest BCUT2D eigenvalue weighted by atomic mass is 10.2. The summed E-state index contributed by atoms with van der Waals surface area (Å²) >= 11 is 0. The largest absolute Gasteiger partial charge is 0.484 e. The average molecular weight is 514 g/mol. The Labute approximate surface area is 179 Å². The summed E-state index contributed by atoms with van der Waals surface area (Å²) in [4.78, 5) is 17.7. The number of nitrogens with one attached hydrogen (secondary N) is 2. The van der Waals surface area contributed by atoms with Gasteiger partial charge in [0.25, 0.3) is 0 Å². The number of likely N-dealkylation sites (tertiary alicyclic amines) is 1. The van der Waals surface area contributed by atoms with Gasteiger partial charge in [-0.1, -0.05) is 19.1 Å². The Morgan fingerprint density at radius 1 is 1.39 bits per heavy atom. The summed E-state index contributed by atoms with van der Waals surface area (Å²) in [6, 6.07) is 6.60. The zero-order valence-corrected chi connectivity index (χ0v) is 18.2. The number of guanidine groups is 1. The number of benzene rings is 1. The molecule has 1 unspecified atom stereocenters. The van der Waals surface area contributed by atoms with Crippen molar-refractivity contribution in [2.24, 2.45) is 4.99 Å². The van der Waals surface area contributed by atoms with Gasteiger partial charge in [0, 0.05) is 39.1 Å². The maximum atomic E-state index is 12.2. The molecule has 1 aliphatic rings. The SMILES string of the molecule is CCC(=O)N1CCC(NC(=NC)NCc2cccc(OCC(F)(F)F)c2)C1.I. The highest BCUT2D eigenvalue weighted by molar-refractivity contribution is 14.0. The molecule has 0 spiro atoms. The monoisotopic (exact) mass is 514 g/mol. The van der Waals surface area contributed by atoms with Crippen molar-refractivity contribution in [3.8, 4) is 5.75 Å². The highest BCUT2D eigenvalue weighted by Gasteiger charge is 2.28. The first-order valence-corrected chi connectivity index (χ1v) is 8.84. The summed E-state index contributed by atoms with van der Waals surface area (Å²) in [6.07, 6.45) is -3.03. The van der Waals surface area contributed by atoms with Crippen molar-refractivity contribution < 1.29 is 22.7 Å². The van der Waals surface area contributed by atoms with E-state index >= 15 is 0 Å². The number of halogens is 4. The molecule has 10 heteroatoms.